The van der Waals surface area contributed by atoms with Crippen molar-refractivity contribution >= 4 is 34.0 Å². The van der Waals surface area contributed by atoms with E-state index in [1.165, 1.54) is 30.9 Å². The Morgan fingerprint density at radius 3 is 2.60 bits per heavy atom. The lowest BCUT2D eigenvalue weighted by atomic mass is 10.0. The maximum Gasteiger partial charge on any atom is 0.244 e. The second kappa shape index (κ2) is 11.2. The van der Waals surface area contributed by atoms with E-state index in [2.05, 4.69) is 5.10 Å². The maximum atomic E-state index is 13.9. The van der Waals surface area contributed by atoms with Crippen LogP contribution in [0.4, 0.5) is 4.39 Å². The SMILES string of the molecule is Cc1nn(C/C(F)=C/CN)c(CCO)c1Cc1ccc(S(=O)(=O)N(C)C)c(Cl)c1.Cl. The normalized spacial score (nSPS) is 12.3. The second-order valence-corrected chi connectivity index (χ2v) is 9.29. The minimum atomic E-state index is -3.64. The number of hydrogen-bond donors (Lipinski definition) is 2. The molecule has 2 rings (SSSR count). The van der Waals surface area contributed by atoms with Crippen molar-refractivity contribution in [3.05, 3.63) is 57.6 Å². The molecule has 0 radical (unpaired) electrons. The van der Waals surface area contributed by atoms with Crippen molar-refractivity contribution in [1.82, 2.24) is 14.1 Å². The Labute approximate surface area is 187 Å². The lowest BCUT2D eigenvalue weighted by Gasteiger charge is -2.14. The number of nitrogens with zero attached hydrogens (tertiary/aromatic N) is 3. The molecule has 0 unspecified atom stereocenters. The van der Waals surface area contributed by atoms with Gasteiger partial charge in [-0.3, -0.25) is 4.68 Å². The Morgan fingerprint density at radius 2 is 2.07 bits per heavy atom. The number of aryl methyl sites for hydroxylation is 1. The maximum absolute atomic E-state index is 13.9. The summed E-state index contributed by atoms with van der Waals surface area (Å²) in [6, 6.07) is 4.77. The van der Waals surface area contributed by atoms with Crippen LogP contribution in [0.2, 0.25) is 5.02 Å². The smallest absolute Gasteiger partial charge is 0.244 e. The summed E-state index contributed by atoms with van der Waals surface area (Å²) in [6.07, 6.45) is 2.02. The molecule has 0 aliphatic rings. The van der Waals surface area contributed by atoms with Gasteiger partial charge in [0.05, 0.1) is 17.3 Å². The van der Waals surface area contributed by atoms with Crippen LogP contribution in [0.15, 0.2) is 35.0 Å². The van der Waals surface area contributed by atoms with E-state index in [-0.39, 0.29) is 42.0 Å². The molecule has 11 heteroatoms. The van der Waals surface area contributed by atoms with Crippen LogP contribution < -0.4 is 5.73 Å². The van der Waals surface area contributed by atoms with Gasteiger partial charge in [0.15, 0.2) is 0 Å². The number of aliphatic hydroxyl groups is 1. The number of hydrogen-bond acceptors (Lipinski definition) is 5. The van der Waals surface area contributed by atoms with Crippen LogP contribution in [0.25, 0.3) is 0 Å². The van der Waals surface area contributed by atoms with Crippen molar-refractivity contribution in [1.29, 1.82) is 0 Å². The van der Waals surface area contributed by atoms with E-state index in [9.17, 15) is 17.9 Å². The monoisotopic (exact) mass is 480 g/mol. The van der Waals surface area contributed by atoms with Crippen molar-refractivity contribution in [2.45, 2.75) is 31.2 Å². The van der Waals surface area contributed by atoms with Gasteiger partial charge in [0, 0.05) is 51.3 Å². The average Bonchev–Trinajstić information content (AvgIpc) is 2.90. The van der Waals surface area contributed by atoms with Gasteiger partial charge in [0.1, 0.15) is 10.7 Å². The number of rotatable bonds is 9. The number of sulfonamides is 1. The van der Waals surface area contributed by atoms with Gasteiger partial charge < -0.3 is 10.8 Å². The van der Waals surface area contributed by atoms with E-state index in [0.717, 1.165) is 15.4 Å². The second-order valence-electron chi connectivity index (χ2n) is 6.76. The highest BCUT2D eigenvalue weighted by molar-refractivity contribution is 7.89. The van der Waals surface area contributed by atoms with Crippen molar-refractivity contribution in [2.24, 2.45) is 5.73 Å². The zero-order valence-electron chi connectivity index (χ0n) is 17.1. The van der Waals surface area contributed by atoms with Crippen molar-refractivity contribution in [2.75, 3.05) is 27.2 Å². The number of allylic oxidation sites excluding steroid dienone is 1. The van der Waals surface area contributed by atoms with Gasteiger partial charge in [0.2, 0.25) is 10.0 Å². The number of benzene rings is 1. The minimum Gasteiger partial charge on any atom is -0.396 e. The van der Waals surface area contributed by atoms with Crippen LogP contribution in [0.5, 0.6) is 0 Å². The fourth-order valence-corrected chi connectivity index (χ4v) is 4.45. The Bertz CT molecular complexity index is 1010. The third-order valence-electron chi connectivity index (χ3n) is 4.49. The Morgan fingerprint density at radius 1 is 1.40 bits per heavy atom. The van der Waals surface area contributed by atoms with E-state index in [4.69, 9.17) is 17.3 Å². The van der Waals surface area contributed by atoms with Gasteiger partial charge in [-0.2, -0.15) is 5.10 Å². The molecular formula is C19H27Cl2FN4O3S. The zero-order chi connectivity index (χ0) is 21.8. The molecule has 3 N–H and O–H groups in total. The van der Waals surface area contributed by atoms with Crippen molar-refractivity contribution < 1.29 is 17.9 Å². The summed E-state index contributed by atoms with van der Waals surface area (Å²) in [4.78, 5) is 0.0323. The van der Waals surface area contributed by atoms with Crippen LogP contribution in [0.3, 0.4) is 0 Å². The summed E-state index contributed by atoms with van der Waals surface area (Å²) in [5.74, 6) is -0.401. The van der Waals surface area contributed by atoms with Crippen LogP contribution in [0, 0.1) is 6.92 Å². The lowest BCUT2D eigenvalue weighted by molar-refractivity contribution is 0.295. The predicted octanol–water partition coefficient (Wildman–Crippen LogP) is 2.45. The molecule has 1 aromatic carbocycles. The number of nitrogens with two attached hydrogens (primary N) is 1. The molecule has 1 heterocycles. The summed E-state index contributed by atoms with van der Waals surface area (Å²) < 4.78 is 41.2. The molecule has 0 saturated carbocycles. The average molecular weight is 481 g/mol. The van der Waals surface area contributed by atoms with Crippen LogP contribution in [-0.2, 0) is 29.4 Å². The van der Waals surface area contributed by atoms with Gasteiger partial charge in [-0.25, -0.2) is 17.1 Å². The van der Waals surface area contributed by atoms with Gasteiger partial charge >= 0.3 is 0 Å². The fourth-order valence-electron chi connectivity index (χ4n) is 3.01. The largest absolute Gasteiger partial charge is 0.396 e. The molecule has 0 spiro atoms. The van der Waals surface area contributed by atoms with Crippen LogP contribution in [-0.4, -0.2) is 54.9 Å². The highest BCUT2D eigenvalue weighted by atomic mass is 35.5. The summed E-state index contributed by atoms with van der Waals surface area (Å²) in [5.41, 5.74) is 8.40. The number of aliphatic hydroxyl groups excluding tert-OH is 1. The highest BCUT2D eigenvalue weighted by Gasteiger charge is 2.22. The molecule has 0 aliphatic carbocycles. The molecule has 1 aromatic heterocycles. The molecule has 0 aliphatic heterocycles. The molecule has 30 heavy (non-hydrogen) atoms. The molecular weight excluding hydrogens is 454 g/mol. The quantitative estimate of drug-likeness (QED) is 0.573. The first-order chi connectivity index (χ1) is 13.6. The molecule has 0 bridgehead atoms. The first-order valence-electron chi connectivity index (χ1n) is 9.03. The van der Waals surface area contributed by atoms with Gasteiger partial charge in [-0.1, -0.05) is 17.7 Å². The van der Waals surface area contributed by atoms with E-state index in [1.54, 1.807) is 12.1 Å². The molecule has 168 valence electrons. The van der Waals surface area contributed by atoms with E-state index >= 15 is 0 Å². The lowest BCUT2D eigenvalue weighted by Crippen LogP contribution is -2.22. The summed E-state index contributed by atoms with van der Waals surface area (Å²) >= 11 is 6.24. The zero-order valence-corrected chi connectivity index (χ0v) is 19.5. The molecule has 2 aromatic rings. The van der Waals surface area contributed by atoms with Crippen molar-refractivity contribution in [3.8, 4) is 0 Å². The fraction of sp³-hybridized carbons (Fsp3) is 0.421. The topological polar surface area (TPSA) is 101 Å². The Kier molecular flexibility index (Phi) is 9.93. The summed E-state index contributed by atoms with van der Waals surface area (Å²) in [5, 5.41) is 14.0. The molecule has 0 amide bonds. The molecule has 0 fully saturated rings. The van der Waals surface area contributed by atoms with Crippen LogP contribution >= 0.6 is 24.0 Å². The number of halogens is 3. The summed E-state index contributed by atoms with van der Waals surface area (Å²) in [7, 11) is -0.761. The third-order valence-corrected chi connectivity index (χ3v) is 6.79. The molecule has 7 nitrogen and oxygen atoms in total. The van der Waals surface area contributed by atoms with E-state index in [1.807, 2.05) is 6.92 Å². The summed E-state index contributed by atoms with van der Waals surface area (Å²) in [6.45, 7) is 1.73. The molecule has 0 saturated heterocycles. The Hall–Kier alpha value is -1.49. The van der Waals surface area contributed by atoms with Gasteiger partial charge in [0.25, 0.3) is 0 Å². The van der Waals surface area contributed by atoms with Gasteiger partial charge in [-0.15, -0.1) is 12.4 Å². The van der Waals surface area contributed by atoms with Crippen molar-refractivity contribution in [3.63, 3.8) is 0 Å². The number of aromatic nitrogens is 2. The predicted molar refractivity (Wildman–Crippen MR) is 118 cm³/mol. The third kappa shape index (κ3) is 6.03. The van der Waals surface area contributed by atoms with E-state index in [0.29, 0.717) is 24.2 Å². The van der Waals surface area contributed by atoms with Crippen LogP contribution in [0.1, 0.15) is 22.5 Å². The van der Waals surface area contributed by atoms with Gasteiger partial charge in [-0.05, 0) is 30.7 Å². The molecule has 0 atom stereocenters. The van der Waals surface area contributed by atoms with E-state index < -0.39 is 15.9 Å². The minimum absolute atomic E-state index is 0. The first-order valence-corrected chi connectivity index (χ1v) is 10.8. The Balaban J connectivity index is 0.00000450. The highest BCUT2D eigenvalue weighted by Crippen LogP contribution is 2.27. The first kappa shape index (κ1) is 26.5. The standard InChI is InChI=1S/C19H26ClFN4O3S.ClH/c1-13-16(18(7-9-26)25(23-13)12-15(21)6-8-22)10-14-4-5-19(17(20)11-14)29(27,28)24(2)3;/h4-6,11,26H,7-10,12,22H2,1-3H3;1H/b15-6-;.